The highest BCUT2D eigenvalue weighted by atomic mass is 16.6. The molecule has 0 radical (unpaired) electrons. The summed E-state index contributed by atoms with van der Waals surface area (Å²) in [6, 6.07) is 0.218. The van der Waals surface area contributed by atoms with E-state index >= 15 is 0 Å². The van der Waals surface area contributed by atoms with E-state index in [9.17, 15) is 9.59 Å². The van der Waals surface area contributed by atoms with E-state index in [-0.39, 0.29) is 18.1 Å². The summed E-state index contributed by atoms with van der Waals surface area (Å²) in [6.07, 6.45) is 2.58. The number of ether oxygens (including phenoxy) is 1. The van der Waals surface area contributed by atoms with Gasteiger partial charge in [-0.15, -0.1) is 0 Å². The summed E-state index contributed by atoms with van der Waals surface area (Å²) in [6.45, 7) is 6.29. The van der Waals surface area contributed by atoms with Crippen molar-refractivity contribution in [2.24, 2.45) is 11.8 Å². The van der Waals surface area contributed by atoms with E-state index in [0.29, 0.717) is 12.5 Å². The lowest BCUT2D eigenvalue weighted by molar-refractivity contribution is -0.112. The Morgan fingerprint density at radius 1 is 1.38 bits per heavy atom. The first-order valence-electron chi connectivity index (χ1n) is 5.85. The number of fused-ring (bicyclic) bond motifs is 2. The first kappa shape index (κ1) is 11.4. The van der Waals surface area contributed by atoms with Crippen LogP contribution in [0.5, 0.6) is 0 Å². The predicted octanol–water partition coefficient (Wildman–Crippen LogP) is 1.83. The quantitative estimate of drug-likeness (QED) is 0.640. The molecule has 2 bridgehead atoms. The molecule has 2 rings (SSSR count). The highest BCUT2D eigenvalue weighted by Crippen LogP contribution is 2.41. The van der Waals surface area contributed by atoms with Crippen molar-refractivity contribution >= 4 is 12.4 Å². The van der Waals surface area contributed by atoms with Gasteiger partial charge in [0.05, 0.1) is 0 Å². The number of nitrogens with zero attached hydrogens (tertiary/aromatic N) is 1. The molecule has 2 aliphatic rings. The van der Waals surface area contributed by atoms with Crippen LogP contribution in [0.25, 0.3) is 0 Å². The Bertz CT molecular complexity index is 308. The number of aldehydes is 1. The van der Waals surface area contributed by atoms with Crippen molar-refractivity contribution in [3.8, 4) is 0 Å². The Hall–Kier alpha value is -1.06. The van der Waals surface area contributed by atoms with Crippen LogP contribution < -0.4 is 0 Å². The average Bonchev–Trinajstić information content (AvgIpc) is 2.72. The van der Waals surface area contributed by atoms with E-state index in [0.717, 1.165) is 19.1 Å². The molecule has 1 heterocycles. The number of rotatable bonds is 1. The highest BCUT2D eigenvalue weighted by molar-refractivity contribution is 5.70. The van der Waals surface area contributed by atoms with Gasteiger partial charge in [0.15, 0.2) is 0 Å². The van der Waals surface area contributed by atoms with Crippen LogP contribution in [-0.4, -0.2) is 35.5 Å². The number of piperidine rings is 1. The Morgan fingerprint density at radius 3 is 2.50 bits per heavy atom. The van der Waals surface area contributed by atoms with Crippen molar-refractivity contribution in [2.45, 2.75) is 45.3 Å². The zero-order valence-electron chi connectivity index (χ0n) is 10.1. The fraction of sp³-hybridized carbons (Fsp3) is 0.833. The molecule has 1 saturated carbocycles. The van der Waals surface area contributed by atoms with Crippen LogP contribution in [0.3, 0.4) is 0 Å². The summed E-state index contributed by atoms with van der Waals surface area (Å²) in [5.74, 6) is 0.513. The molecule has 16 heavy (non-hydrogen) atoms. The maximum atomic E-state index is 11.9. The van der Waals surface area contributed by atoms with Gasteiger partial charge in [-0.25, -0.2) is 4.79 Å². The van der Waals surface area contributed by atoms with Gasteiger partial charge in [0.25, 0.3) is 0 Å². The van der Waals surface area contributed by atoms with Gasteiger partial charge >= 0.3 is 6.09 Å². The van der Waals surface area contributed by atoms with Crippen molar-refractivity contribution in [3.05, 3.63) is 0 Å². The molecule has 90 valence electrons. The zero-order valence-corrected chi connectivity index (χ0v) is 10.1. The molecular formula is C12H19NO3. The SMILES string of the molecule is CC(C)(C)OC(=O)N1C[C@H]2C[C@@H]1C[C@@H]2C=O. The van der Waals surface area contributed by atoms with Crippen LogP contribution in [0.2, 0.25) is 0 Å². The molecule has 0 N–H and O–H groups in total. The minimum absolute atomic E-state index is 0.156. The summed E-state index contributed by atoms with van der Waals surface area (Å²) in [5.41, 5.74) is -0.441. The largest absolute Gasteiger partial charge is 0.444 e. The van der Waals surface area contributed by atoms with E-state index in [4.69, 9.17) is 4.74 Å². The van der Waals surface area contributed by atoms with Crippen LogP contribution in [-0.2, 0) is 9.53 Å². The van der Waals surface area contributed by atoms with Gasteiger partial charge in [0.2, 0.25) is 0 Å². The Labute approximate surface area is 95.9 Å². The van der Waals surface area contributed by atoms with Crippen LogP contribution in [0.4, 0.5) is 4.79 Å². The first-order valence-corrected chi connectivity index (χ1v) is 5.85. The third-order valence-corrected chi connectivity index (χ3v) is 3.40. The Morgan fingerprint density at radius 2 is 2.06 bits per heavy atom. The normalized spacial score (nSPS) is 32.9. The van der Waals surface area contributed by atoms with E-state index < -0.39 is 5.60 Å². The lowest BCUT2D eigenvalue weighted by atomic mass is 9.96. The summed E-state index contributed by atoms with van der Waals surface area (Å²) >= 11 is 0. The summed E-state index contributed by atoms with van der Waals surface area (Å²) in [7, 11) is 0. The fourth-order valence-electron chi connectivity index (χ4n) is 2.70. The van der Waals surface area contributed by atoms with Gasteiger partial charge < -0.3 is 14.4 Å². The number of carbonyl (C=O) groups excluding carboxylic acids is 2. The van der Waals surface area contributed by atoms with Gasteiger partial charge in [-0.1, -0.05) is 0 Å². The highest BCUT2D eigenvalue weighted by Gasteiger charge is 2.47. The molecule has 1 amide bonds. The second kappa shape index (κ2) is 3.75. The molecule has 1 saturated heterocycles. The average molecular weight is 225 g/mol. The standard InChI is InChI=1S/C12H19NO3/c1-12(2,3)16-11(15)13-6-8-4-10(13)5-9(8)7-14/h7-10H,4-6H2,1-3H3/t8-,9-,10-/m1/s1. The Balaban J connectivity index is 1.95. The zero-order chi connectivity index (χ0) is 11.9. The molecule has 0 aromatic carbocycles. The van der Waals surface area contributed by atoms with Crippen LogP contribution in [0, 0.1) is 11.8 Å². The Kier molecular flexibility index (Phi) is 2.68. The monoisotopic (exact) mass is 225 g/mol. The van der Waals surface area contributed by atoms with E-state index in [2.05, 4.69) is 0 Å². The van der Waals surface area contributed by atoms with Crippen molar-refractivity contribution in [2.75, 3.05) is 6.54 Å². The fourth-order valence-corrected chi connectivity index (χ4v) is 2.70. The van der Waals surface area contributed by atoms with Crippen molar-refractivity contribution in [1.29, 1.82) is 0 Å². The first-order chi connectivity index (χ1) is 7.40. The molecule has 3 atom stereocenters. The lowest BCUT2D eigenvalue weighted by Crippen LogP contribution is -2.43. The molecule has 0 aromatic heterocycles. The number of carbonyl (C=O) groups is 2. The van der Waals surface area contributed by atoms with E-state index in [1.165, 1.54) is 0 Å². The van der Waals surface area contributed by atoms with Gasteiger partial charge in [-0.2, -0.15) is 0 Å². The smallest absolute Gasteiger partial charge is 0.410 e. The summed E-state index contributed by atoms with van der Waals surface area (Å²) in [5, 5.41) is 0. The molecule has 0 spiro atoms. The number of amides is 1. The minimum Gasteiger partial charge on any atom is -0.444 e. The molecule has 1 aliphatic heterocycles. The second-order valence-electron chi connectivity index (χ2n) is 5.82. The van der Waals surface area contributed by atoms with Crippen molar-refractivity contribution < 1.29 is 14.3 Å². The molecular weight excluding hydrogens is 206 g/mol. The lowest BCUT2D eigenvalue weighted by Gasteiger charge is -2.31. The molecule has 2 fully saturated rings. The van der Waals surface area contributed by atoms with Gasteiger partial charge in [-0.3, -0.25) is 0 Å². The third-order valence-electron chi connectivity index (χ3n) is 3.40. The topological polar surface area (TPSA) is 46.6 Å². The number of hydrogen-bond acceptors (Lipinski definition) is 3. The molecule has 1 aliphatic carbocycles. The van der Waals surface area contributed by atoms with Gasteiger partial charge in [0, 0.05) is 18.5 Å². The van der Waals surface area contributed by atoms with Crippen LogP contribution in [0.15, 0.2) is 0 Å². The number of likely N-dealkylation sites (tertiary alicyclic amines) is 1. The molecule has 4 nitrogen and oxygen atoms in total. The summed E-state index contributed by atoms with van der Waals surface area (Å²) < 4.78 is 5.34. The molecule has 0 unspecified atom stereocenters. The molecule has 0 aromatic rings. The van der Waals surface area contributed by atoms with Gasteiger partial charge in [-0.05, 0) is 39.5 Å². The maximum Gasteiger partial charge on any atom is 0.410 e. The van der Waals surface area contributed by atoms with E-state index in [1.807, 2.05) is 20.8 Å². The van der Waals surface area contributed by atoms with Crippen LogP contribution >= 0.6 is 0 Å². The third kappa shape index (κ3) is 2.06. The van der Waals surface area contributed by atoms with E-state index in [1.54, 1.807) is 4.90 Å². The molecule has 4 heteroatoms. The van der Waals surface area contributed by atoms with Crippen molar-refractivity contribution in [3.63, 3.8) is 0 Å². The summed E-state index contributed by atoms with van der Waals surface area (Å²) in [4.78, 5) is 24.4. The van der Waals surface area contributed by atoms with Crippen LogP contribution in [0.1, 0.15) is 33.6 Å². The predicted molar refractivity (Wildman–Crippen MR) is 59.0 cm³/mol. The second-order valence-corrected chi connectivity index (χ2v) is 5.82. The minimum atomic E-state index is -0.441. The maximum absolute atomic E-state index is 11.9. The number of hydrogen-bond donors (Lipinski definition) is 0. The van der Waals surface area contributed by atoms with Crippen molar-refractivity contribution in [1.82, 2.24) is 4.90 Å². The van der Waals surface area contributed by atoms with Gasteiger partial charge in [0.1, 0.15) is 11.9 Å².